The van der Waals surface area contributed by atoms with E-state index in [9.17, 15) is 9.59 Å². The van der Waals surface area contributed by atoms with E-state index in [1.807, 2.05) is 49.1 Å². The lowest BCUT2D eigenvalue weighted by Crippen LogP contribution is -2.30. The number of hydrogen-bond acceptors (Lipinski definition) is 4. The van der Waals surface area contributed by atoms with Gasteiger partial charge in [-0.15, -0.1) is 0 Å². The van der Waals surface area contributed by atoms with Crippen LogP contribution in [0.2, 0.25) is 0 Å². The fourth-order valence-corrected chi connectivity index (χ4v) is 2.55. The highest BCUT2D eigenvalue weighted by Gasteiger charge is 2.13. The lowest BCUT2D eigenvalue weighted by Gasteiger charge is -2.18. The molecule has 1 aromatic carbocycles. The molecule has 0 aliphatic rings. The summed E-state index contributed by atoms with van der Waals surface area (Å²) < 4.78 is 5.11. The van der Waals surface area contributed by atoms with Crippen molar-refractivity contribution in [3.05, 3.63) is 42.2 Å². The summed E-state index contributed by atoms with van der Waals surface area (Å²) in [5, 5.41) is 6.72. The molecule has 1 heterocycles. The first-order chi connectivity index (χ1) is 12.2. The molecular weight excluding hydrogens is 318 g/mol. The first-order valence-electron chi connectivity index (χ1n) is 8.73. The molecule has 134 valence electrons. The summed E-state index contributed by atoms with van der Waals surface area (Å²) in [5.74, 6) is 0.0712. The Labute approximate surface area is 148 Å². The first-order valence-corrected chi connectivity index (χ1v) is 8.73. The zero-order chi connectivity index (χ0) is 18.1. The van der Waals surface area contributed by atoms with E-state index in [4.69, 9.17) is 4.52 Å². The van der Waals surface area contributed by atoms with Gasteiger partial charge < -0.3 is 14.7 Å². The number of nitrogens with zero attached hydrogens (tertiary/aromatic N) is 2. The number of unbranched alkanes of at least 4 members (excludes halogenated alkanes) is 1. The predicted octanol–water partition coefficient (Wildman–Crippen LogP) is 3.11. The van der Waals surface area contributed by atoms with Gasteiger partial charge in [-0.2, -0.15) is 0 Å². The van der Waals surface area contributed by atoms with Crippen molar-refractivity contribution in [3.8, 4) is 11.3 Å². The van der Waals surface area contributed by atoms with Crippen LogP contribution in [0, 0.1) is 0 Å². The van der Waals surface area contributed by atoms with Crippen LogP contribution in [-0.2, 0) is 4.79 Å². The monoisotopic (exact) mass is 343 g/mol. The smallest absolute Gasteiger partial charge is 0.289 e. The van der Waals surface area contributed by atoms with Crippen LogP contribution < -0.4 is 5.32 Å². The van der Waals surface area contributed by atoms with E-state index in [1.165, 1.54) is 0 Å². The highest BCUT2D eigenvalue weighted by molar-refractivity contribution is 5.92. The molecule has 2 aromatic rings. The largest absolute Gasteiger partial charge is 0.350 e. The van der Waals surface area contributed by atoms with Crippen molar-refractivity contribution in [2.24, 2.45) is 0 Å². The lowest BCUT2D eigenvalue weighted by molar-refractivity contribution is -0.130. The van der Waals surface area contributed by atoms with E-state index in [0.717, 1.165) is 31.5 Å². The maximum atomic E-state index is 12.1. The molecule has 0 atom stereocenters. The lowest BCUT2D eigenvalue weighted by atomic mass is 10.1. The van der Waals surface area contributed by atoms with Crippen LogP contribution >= 0.6 is 0 Å². The number of rotatable bonds is 9. The Morgan fingerprint density at radius 3 is 2.52 bits per heavy atom. The molecule has 0 aliphatic heterocycles. The topological polar surface area (TPSA) is 75.4 Å². The van der Waals surface area contributed by atoms with E-state index in [-0.39, 0.29) is 17.6 Å². The standard InChI is InChI=1S/C19H25N3O3/c1-3-22(4-2)18(23)12-8-9-13-20-19(24)17-14-16(21-25-17)15-10-6-5-7-11-15/h5-7,10-11,14H,3-4,8-9,12-13H2,1-2H3,(H,20,24). The Hall–Kier alpha value is -2.63. The van der Waals surface area contributed by atoms with Gasteiger partial charge in [-0.1, -0.05) is 35.5 Å². The molecule has 0 spiro atoms. The first kappa shape index (κ1) is 18.7. The van der Waals surface area contributed by atoms with Gasteiger partial charge in [-0.3, -0.25) is 9.59 Å². The van der Waals surface area contributed by atoms with Crippen LogP contribution in [0.3, 0.4) is 0 Å². The van der Waals surface area contributed by atoms with Crippen LogP contribution in [0.5, 0.6) is 0 Å². The van der Waals surface area contributed by atoms with E-state index >= 15 is 0 Å². The molecule has 2 amide bonds. The Bertz CT molecular complexity index is 678. The number of nitrogens with one attached hydrogen (secondary N) is 1. The molecule has 0 saturated heterocycles. The Morgan fingerprint density at radius 2 is 1.84 bits per heavy atom. The SMILES string of the molecule is CCN(CC)C(=O)CCCCNC(=O)c1cc(-c2ccccc2)no1. The van der Waals surface area contributed by atoms with Gasteiger partial charge in [-0.05, 0) is 26.7 Å². The molecule has 25 heavy (non-hydrogen) atoms. The Morgan fingerprint density at radius 1 is 1.12 bits per heavy atom. The summed E-state index contributed by atoms with van der Waals surface area (Å²) in [6.45, 7) is 5.93. The number of carbonyl (C=O) groups excluding carboxylic acids is 2. The molecule has 0 unspecified atom stereocenters. The number of carbonyl (C=O) groups is 2. The summed E-state index contributed by atoms with van der Waals surface area (Å²) in [5.41, 5.74) is 1.54. The van der Waals surface area contributed by atoms with Gasteiger partial charge in [-0.25, -0.2) is 0 Å². The molecule has 2 rings (SSSR count). The third kappa shape index (κ3) is 5.45. The summed E-state index contributed by atoms with van der Waals surface area (Å²) in [6.07, 6.45) is 2.01. The summed E-state index contributed by atoms with van der Waals surface area (Å²) in [7, 11) is 0. The van der Waals surface area contributed by atoms with Gasteiger partial charge in [0, 0.05) is 37.7 Å². The second kappa shape index (κ2) is 9.61. The highest BCUT2D eigenvalue weighted by atomic mass is 16.5. The molecule has 0 saturated carbocycles. The zero-order valence-electron chi connectivity index (χ0n) is 14.8. The van der Waals surface area contributed by atoms with Crippen LogP contribution in [0.1, 0.15) is 43.7 Å². The maximum absolute atomic E-state index is 12.1. The van der Waals surface area contributed by atoms with Gasteiger partial charge in [0.25, 0.3) is 5.91 Å². The van der Waals surface area contributed by atoms with E-state index in [2.05, 4.69) is 10.5 Å². The molecular formula is C19H25N3O3. The average molecular weight is 343 g/mol. The predicted molar refractivity (Wildman–Crippen MR) is 96.1 cm³/mol. The normalized spacial score (nSPS) is 10.5. The summed E-state index contributed by atoms with van der Waals surface area (Å²) in [6, 6.07) is 11.2. The van der Waals surface area contributed by atoms with Gasteiger partial charge in [0.15, 0.2) is 0 Å². The van der Waals surface area contributed by atoms with E-state index in [0.29, 0.717) is 18.7 Å². The molecule has 6 heteroatoms. The molecule has 1 N–H and O–H groups in total. The summed E-state index contributed by atoms with van der Waals surface area (Å²) >= 11 is 0. The fourth-order valence-electron chi connectivity index (χ4n) is 2.55. The second-order valence-corrected chi connectivity index (χ2v) is 5.72. The Kier molecular flexibility index (Phi) is 7.19. The molecule has 0 bridgehead atoms. The average Bonchev–Trinajstić information content (AvgIpc) is 3.13. The van der Waals surface area contributed by atoms with Crippen LogP contribution in [0.4, 0.5) is 0 Å². The minimum atomic E-state index is -0.287. The minimum absolute atomic E-state index is 0.166. The van der Waals surface area contributed by atoms with Gasteiger partial charge in [0.1, 0.15) is 5.69 Å². The van der Waals surface area contributed by atoms with Crippen molar-refractivity contribution >= 4 is 11.8 Å². The van der Waals surface area contributed by atoms with Crippen LogP contribution in [-0.4, -0.2) is 41.5 Å². The molecule has 0 fully saturated rings. The van der Waals surface area contributed by atoms with Crippen molar-refractivity contribution < 1.29 is 14.1 Å². The van der Waals surface area contributed by atoms with Gasteiger partial charge >= 0.3 is 0 Å². The van der Waals surface area contributed by atoms with Crippen LogP contribution in [0.15, 0.2) is 40.9 Å². The number of aromatic nitrogens is 1. The van der Waals surface area contributed by atoms with Crippen molar-refractivity contribution in [3.63, 3.8) is 0 Å². The second-order valence-electron chi connectivity index (χ2n) is 5.72. The van der Waals surface area contributed by atoms with Gasteiger partial charge in [0.05, 0.1) is 0 Å². The maximum Gasteiger partial charge on any atom is 0.289 e. The number of hydrogen-bond donors (Lipinski definition) is 1. The zero-order valence-corrected chi connectivity index (χ0v) is 14.8. The number of amides is 2. The quantitative estimate of drug-likeness (QED) is 0.710. The fraction of sp³-hybridized carbons (Fsp3) is 0.421. The van der Waals surface area contributed by atoms with E-state index in [1.54, 1.807) is 6.07 Å². The van der Waals surface area contributed by atoms with Gasteiger partial charge in [0.2, 0.25) is 11.7 Å². The van der Waals surface area contributed by atoms with Crippen molar-refractivity contribution in [1.29, 1.82) is 0 Å². The van der Waals surface area contributed by atoms with Crippen molar-refractivity contribution in [2.75, 3.05) is 19.6 Å². The molecule has 0 aliphatic carbocycles. The van der Waals surface area contributed by atoms with Crippen molar-refractivity contribution in [1.82, 2.24) is 15.4 Å². The number of benzene rings is 1. The Balaban J connectivity index is 1.73. The molecule has 6 nitrogen and oxygen atoms in total. The molecule has 0 radical (unpaired) electrons. The van der Waals surface area contributed by atoms with E-state index < -0.39 is 0 Å². The summed E-state index contributed by atoms with van der Waals surface area (Å²) in [4.78, 5) is 25.8. The van der Waals surface area contributed by atoms with Crippen LogP contribution in [0.25, 0.3) is 11.3 Å². The minimum Gasteiger partial charge on any atom is -0.350 e. The third-order valence-electron chi connectivity index (χ3n) is 4.02. The molecule has 1 aromatic heterocycles. The van der Waals surface area contributed by atoms with Crippen molar-refractivity contribution in [2.45, 2.75) is 33.1 Å². The third-order valence-corrected chi connectivity index (χ3v) is 4.02. The highest BCUT2D eigenvalue weighted by Crippen LogP contribution is 2.18.